The molecule has 124 valence electrons. The molecule has 1 aromatic carbocycles. The molecule has 10 heteroatoms. The van der Waals surface area contributed by atoms with Gasteiger partial charge in [-0.1, -0.05) is 19.1 Å². The second kappa shape index (κ2) is 7.20. The van der Waals surface area contributed by atoms with Crippen molar-refractivity contribution in [2.45, 2.75) is 12.1 Å². The van der Waals surface area contributed by atoms with Crippen LogP contribution in [0.3, 0.4) is 0 Å². The molecule has 2 aromatic rings. The topological polar surface area (TPSA) is 133 Å². The molecule has 0 spiro atoms. The van der Waals surface area contributed by atoms with Crippen LogP contribution in [0.25, 0.3) is 6.08 Å². The van der Waals surface area contributed by atoms with Gasteiger partial charge in [-0.05, 0) is 23.8 Å². The van der Waals surface area contributed by atoms with Crippen molar-refractivity contribution >= 4 is 38.5 Å². The molecule has 0 unspecified atom stereocenters. The van der Waals surface area contributed by atoms with Gasteiger partial charge in [0.1, 0.15) is 17.4 Å². The molecule has 8 nitrogen and oxygen atoms in total. The largest absolute Gasteiger partial charge is 0.508 e. The van der Waals surface area contributed by atoms with Crippen molar-refractivity contribution < 1.29 is 18.3 Å². The van der Waals surface area contributed by atoms with Crippen LogP contribution in [0.1, 0.15) is 12.5 Å². The number of carbonyl (C=O) groups is 1. The van der Waals surface area contributed by atoms with Crippen LogP contribution in [0.4, 0.5) is 5.13 Å². The van der Waals surface area contributed by atoms with E-state index in [4.69, 9.17) is 5.26 Å². The number of hydrogen-bond acceptors (Lipinski definition) is 8. The lowest BCUT2D eigenvalue weighted by atomic mass is 10.1. The molecule has 0 saturated carbocycles. The Morgan fingerprint density at radius 3 is 2.67 bits per heavy atom. The summed E-state index contributed by atoms with van der Waals surface area (Å²) in [5, 5.41) is 20.3. The normalized spacial score (nSPS) is 11.8. The van der Waals surface area contributed by atoms with Crippen molar-refractivity contribution in [3.05, 3.63) is 35.4 Å². The van der Waals surface area contributed by atoms with Crippen molar-refractivity contribution in [3.8, 4) is 11.8 Å². The number of benzene rings is 1. The van der Waals surface area contributed by atoms with Crippen molar-refractivity contribution in [2.75, 3.05) is 11.1 Å². The fraction of sp³-hybridized carbons (Fsp3) is 0.143. The lowest BCUT2D eigenvalue weighted by Crippen LogP contribution is -2.13. The first-order chi connectivity index (χ1) is 11.4. The molecule has 0 aliphatic rings. The molecular formula is C14H12N4O4S2. The van der Waals surface area contributed by atoms with Gasteiger partial charge in [0, 0.05) is 11.5 Å². The highest BCUT2D eigenvalue weighted by Gasteiger charge is 2.19. The third-order valence-electron chi connectivity index (χ3n) is 2.86. The Kier molecular flexibility index (Phi) is 5.28. The highest BCUT2D eigenvalue weighted by atomic mass is 32.2. The van der Waals surface area contributed by atoms with Crippen LogP contribution in [0.2, 0.25) is 0 Å². The van der Waals surface area contributed by atoms with Gasteiger partial charge in [0.15, 0.2) is 0 Å². The summed E-state index contributed by atoms with van der Waals surface area (Å²) in [7, 11) is -3.56. The molecule has 1 heterocycles. The van der Waals surface area contributed by atoms with Gasteiger partial charge in [0.05, 0.1) is 5.75 Å². The van der Waals surface area contributed by atoms with Crippen LogP contribution >= 0.6 is 11.5 Å². The molecule has 1 aromatic heterocycles. The number of nitrogens with one attached hydrogen (secondary N) is 1. The lowest BCUT2D eigenvalue weighted by molar-refractivity contribution is -0.112. The van der Waals surface area contributed by atoms with E-state index in [2.05, 4.69) is 14.7 Å². The zero-order valence-corrected chi connectivity index (χ0v) is 14.1. The lowest BCUT2D eigenvalue weighted by Gasteiger charge is -2.00. The molecular weight excluding hydrogens is 352 g/mol. The van der Waals surface area contributed by atoms with Crippen LogP contribution in [0.5, 0.6) is 5.75 Å². The molecule has 0 bridgehead atoms. The van der Waals surface area contributed by atoms with Crippen molar-refractivity contribution in [1.82, 2.24) is 9.36 Å². The van der Waals surface area contributed by atoms with E-state index >= 15 is 0 Å². The molecule has 0 aliphatic heterocycles. The maximum atomic E-state index is 12.1. The van der Waals surface area contributed by atoms with Crippen LogP contribution < -0.4 is 5.32 Å². The Labute approximate surface area is 142 Å². The van der Waals surface area contributed by atoms with E-state index in [-0.39, 0.29) is 27.4 Å². The SMILES string of the molecule is CCS(=O)(=O)c1nsc(NC(=O)/C(C#N)=C\c2ccc(O)cc2)n1. The highest BCUT2D eigenvalue weighted by molar-refractivity contribution is 7.91. The first-order valence-corrected chi connectivity index (χ1v) is 9.07. The molecule has 1 amide bonds. The van der Waals surface area contributed by atoms with Gasteiger partial charge in [-0.15, -0.1) is 0 Å². The van der Waals surface area contributed by atoms with Gasteiger partial charge in [-0.25, -0.2) is 8.42 Å². The number of aromatic nitrogens is 2. The predicted octanol–water partition coefficient (Wildman–Crippen LogP) is 1.58. The van der Waals surface area contributed by atoms with Crippen LogP contribution in [0.15, 0.2) is 35.0 Å². The van der Waals surface area contributed by atoms with E-state index in [1.807, 2.05) is 0 Å². The zero-order chi connectivity index (χ0) is 17.7. The van der Waals surface area contributed by atoms with E-state index < -0.39 is 15.7 Å². The molecule has 2 rings (SSSR count). The summed E-state index contributed by atoms with van der Waals surface area (Å²) in [4.78, 5) is 15.8. The monoisotopic (exact) mass is 364 g/mol. The summed E-state index contributed by atoms with van der Waals surface area (Å²) < 4.78 is 27.0. The van der Waals surface area contributed by atoms with E-state index in [1.54, 1.807) is 6.07 Å². The number of rotatable bonds is 5. The number of phenolic OH excluding ortho intramolecular Hbond substituents is 1. The van der Waals surface area contributed by atoms with Crippen molar-refractivity contribution in [1.29, 1.82) is 5.26 Å². The Morgan fingerprint density at radius 2 is 2.08 bits per heavy atom. The van der Waals surface area contributed by atoms with E-state index in [0.717, 1.165) is 0 Å². The van der Waals surface area contributed by atoms with Gasteiger partial charge >= 0.3 is 0 Å². The number of anilines is 1. The number of aromatic hydroxyl groups is 1. The Bertz CT molecular complexity index is 924. The minimum atomic E-state index is -3.56. The molecule has 0 fully saturated rings. The molecule has 0 atom stereocenters. The summed E-state index contributed by atoms with van der Waals surface area (Å²) in [6.45, 7) is 1.46. The standard InChI is InChI=1S/C14H12N4O4S2/c1-2-24(21,22)14-17-13(23-18-14)16-12(20)10(8-15)7-9-3-5-11(19)6-4-9/h3-7,19H,2H2,1H3,(H,16,17,18,20)/b10-7-. The Morgan fingerprint density at radius 1 is 1.42 bits per heavy atom. The maximum Gasteiger partial charge on any atom is 0.268 e. The number of carbonyl (C=O) groups excluding carboxylic acids is 1. The number of amides is 1. The molecule has 24 heavy (non-hydrogen) atoms. The highest BCUT2D eigenvalue weighted by Crippen LogP contribution is 2.17. The first kappa shape index (κ1) is 17.6. The van der Waals surface area contributed by atoms with Gasteiger partial charge in [-0.3, -0.25) is 10.1 Å². The number of sulfone groups is 1. The van der Waals surface area contributed by atoms with Gasteiger partial charge < -0.3 is 5.11 Å². The van der Waals surface area contributed by atoms with E-state index in [0.29, 0.717) is 17.1 Å². The van der Waals surface area contributed by atoms with Crippen LogP contribution in [-0.2, 0) is 14.6 Å². The number of hydrogen-bond donors (Lipinski definition) is 2. The number of nitriles is 1. The molecule has 0 saturated heterocycles. The third-order valence-corrected chi connectivity index (χ3v) is 5.10. The third kappa shape index (κ3) is 4.15. The summed E-state index contributed by atoms with van der Waals surface area (Å²) in [5.74, 6) is -0.822. The minimum Gasteiger partial charge on any atom is -0.508 e. The zero-order valence-electron chi connectivity index (χ0n) is 12.4. The molecule has 2 N–H and O–H groups in total. The van der Waals surface area contributed by atoms with Crippen molar-refractivity contribution in [2.24, 2.45) is 0 Å². The second-order valence-corrected chi connectivity index (χ2v) is 7.42. The van der Waals surface area contributed by atoms with Crippen molar-refractivity contribution in [3.63, 3.8) is 0 Å². The summed E-state index contributed by atoms with van der Waals surface area (Å²) in [6.07, 6.45) is 1.33. The molecule has 0 aliphatic carbocycles. The van der Waals surface area contributed by atoms with Crippen LogP contribution in [0, 0.1) is 11.3 Å². The maximum absolute atomic E-state index is 12.1. The Balaban J connectivity index is 2.19. The van der Waals surface area contributed by atoms with Gasteiger partial charge in [0.2, 0.25) is 15.0 Å². The smallest absolute Gasteiger partial charge is 0.268 e. The van der Waals surface area contributed by atoms with E-state index in [9.17, 15) is 18.3 Å². The summed E-state index contributed by atoms with van der Waals surface area (Å²) in [5.41, 5.74) is 0.349. The second-order valence-electron chi connectivity index (χ2n) is 4.50. The van der Waals surface area contributed by atoms with Crippen LogP contribution in [-0.4, -0.2) is 34.5 Å². The first-order valence-electron chi connectivity index (χ1n) is 6.64. The molecule has 0 radical (unpaired) electrons. The fourth-order valence-corrected chi connectivity index (χ4v) is 3.15. The summed E-state index contributed by atoms with van der Waals surface area (Å²) in [6, 6.07) is 7.68. The average Bonchev–Trinajstić information content (AvgIpc) is 3.03. The summed E-state index contributed by atoms with van der Waals surface area (Å²) >= 11 is 0.714. The van der Waals surface area contributed by atoms with Gasteiger partial charge in [0.25, 0.3) is 11.1 Å². The average molecular weight is 364 g/mol. The number of nitrogens with zero attached hydrogens (tertiary/aromatic N) is 3. The predicted molar refractivity (Wildman–Crippen MR) is 88.0 cm³/mol. The van der Waals surface area contributed by atoms with E-state index in [1.165, 1.54) is 37.3 Å². The quantitative estimate of drug-likeness (QED) is 0.608. The van der Waals surface area contributed by atoms with Gasteiger partial charge in [-0.2, -0.15) is 14.6 Å². The minimum absolute atomic E-state index is 0.0149. The number of phenols is 1. The fourth-order valence-electron chi connectivity index (χ4n) is 1.57. The Hall–Kier alpha value is -2.77.